The Kier molecular flexibility index (Phi) is 4.37. The van der Waals surface area contributed by atoms with E-state index in [1.165, 1.54) is 6.42 Å². The van der Waals surface area contributed by atoms with E-state index in [-0.39, 0.29) is 5.91 Å². The van der Waals surface area contributed by atoms with Crippen LogP contribution in [0.15, 0.2) is 29.6 Å². The Morgan fingerprint density at radius 2 is 2.10 bits per heavy atom. The largest absolute Gasteiger partial charge is 0.337 e. The molecule has 3 aliphatic rings. The van der Waals surface area contributed by atoms with Gasteiger partial charge in [0.05, 0.1) is 5.69 Å². The molecule has 1 amide bonds. The van der Waals surface area contributed by atoms with E-state index in [4.69, 9.17) is 16.6 Å². The van der Waals surface area contributed by atoms with Gasteiger partial charge in [-0.3, -0.25) is 4.79 Å². The number of halogens is 1. The number of aryl methyl sites for hydroxylation is 1. The summed E-state index contributed by atoms with van der Waals surface area (Å²) in [6, 6.07) is 8.43. The van der Waals surface area contributed by atoms with E-state index >= 15 is 0 Å². The fraction of sp³-hybridized carbons (Fsp3) is 0.435. The van der Waals surface area contributed by atoms with E-state index in [9.17, 15) is 4.79 Å². The first-order chi connectivity index (χ1) is 14.6. The molecule has 1 aliphatic carbocycles. The van der Waals surface area contributed by atoms with Gasteiger partial charge in [-0.25, -0.2) is 9.97 Å². The lowest BCUT2D eigenvalue weighted by atomic mass is 9.98. The number of benzene rings is 1. The fourth-order valence-electron chi connectivity index (χ4n) is 5.25. The SMILES string of the molecule is Cc1nc([C@H]2C[C@@H]2c2ccc(C(=O)N3C[C@H]4CN[C@H](C4)C3)cc2Cl)c2ccsc2n1. The first-order valence-electron chi connectivity index (χ1n) is 10.6. The average Bonchev–Trinajstić information content (AvgIpc) is 3.25. The molecular formula is C23H23ClN4OS. The second-order valence-electron chi connectivity index (χ2n) is 8.90. The van der Waals surface area contributed by atoms with Crippen LogP contribution in [0.4, 0.5) is 0 Å². The van der Waals surface area contributed by atoms with Crippen molar-refractivity contribution in [1.29, 1.82) is 0 Å². The number of carbonyl (C=O) groups excluding carboxylic acids is 1. The van der Waals surface area contributed by atoms with E-state index in [0.717, 1.165) is 53.4 Å². The highest BCUT2D eigenvalue weighted by molar-refractivity contribution is 7.16. The Morgan fingerprint density at radius 1 is 1.20 bits per heavy atom. The monoisotopic (exact) mass is 438 g/mol. The molecule has 2 aromatic heterocycles. The molecule has 2 bridgehead atoms. The summed E-state index contributed by atoms with van der Waals surface area (Å²) in [6.45, 7) is 4.62. The molecule has 6 rings (SSSR count). The lowest BCUT2D eigenvalue weighted by Gasteiger charge is -2.31. The number of hydrogen-bond acceptors (Lipinski definition) is 5. The van der Waals surface area contributed by atoms with Crippen molar-refractivity contribution in [1.82, 2.24) is 20.2 Å². The average molecular weight is 439 g/mol. The number of hydrogen-bond donors (Lipinski definition) is 1. The van der Waals surface area contributed by atoms with Crippen molar-refractivity contribution in [3.8, 4) is 0 Å². The first-order valence-corrected chi connectivity index (χ1v) is 11.9. The Labute approximate surface area is 184 Å². The third-order valence-corrected chi connectivity index (χ3v) is 7.91. The second-order valence-corrected chi connectivity index (χ2v) is 10.2. The van der Waals surface area contributed by atoms with Gasteiger partial charge in [0.1, 0.15) is 10.7 Å². The van der Waals surface area contributed by atoms with E-state index in [1.807, 2.05) is 24.0 Å². The summed E-state index contributed by atoms with van der Waals surface area (Å²) >= 11 is 8.35. The molecule has 1 aromatic carbocycles. The van der Waals surface area contributed by atoms with Gasteiger partial charge in [0, 0.05) is 47.6 Å². The van der Waals surface area contributed by atoms with Crippen molar-refractivity contribution in [2.75, 3.05) is 19.6 Å². The normalized spacial score (nSPS) is 27.6. The van der Waals surface area contributed by atoms with Crippen molar-refractivity contribution >= 4 is 39.1 Å². The first kappa shape index (κ1) is 18.7. The molecule has 4 atom stereocenters. The number of amides is 1. The summed E-state index contributed by atoms with van der Waals surface area (Å²) < 4.78 is 0. The number of thiophene rings is 1. The van der Waals surface area contributed by atoms with Gasteiger partial charge in [0.15, 0.2) is 0 Å². The van der Waals surface area contributed by atoms with E-state index in [1.54, 1.807) is 11.3 Å². The Bertz CT molecular complexity index is 1150. The van der Waals surface area contributed by atoms with Gasteiger partial charge < -0.3 is 10.2 Å². The molecule has 3 aromatic rings. The number of likely N-dealkylation sites (tertiary alicyclic amines) is 1. The topological polar surface area (TPSA) is 58.1 Å². The molecule has 1 saturated carbocycles. The number of nitrogens with one attached hydrogen (secondary N) is 1. The number of piperidine rings is 1. The molecular weight excluding hydrogens is 416 g/mol. The standard InChI is InChI=1S/C23H23ClN4OS/c1-12-26-21(17-4-5-30-22(17)27-12)19-8-18(19)16-3-2-14(7-20(16)24)23(29)28-10-13-6-15(11-28)25-9-13/h2-5,7,13,15,18-19,25H,6,8-11H2,1H3/t13-,15-,18-,19+/m1/s1. The van der Waals surface area contributed by atoms with Gasteiger partial charge in [-0.2, -0.15) is 0 Å². The summed E-state index contributed by atoms with van der Waals surface area (Å²) in [5, 5.41) is 7.44. The maximum Gasteiger partial charge on any atom is 0.253 e. The van der Waals surface area contributed by atoms with Crippen molar-refractivity contribution in [2.24, 2.45) is 5.92 Å². The van der Waals surface area contributed by atoms with Gasteiger partial charge in [0.2, 0.25) is 0 Å². The third kappa shape index (κ3) is 3.13. The quantitative estimate of drug-likeness (QED) is 0.660. The maximum absolute atomic E-state index is 13.0. The maximum atomic E-state index is 13.0. The number of fused-ring (bicyclic) bond motifs is 3. The number of rotatable bonds is 3. The fourth-order valence-corrected chi connectivity index (χ4v) is 6.39. The van der Waals surface area contributed by atoms with E-state index in [2.05, 4.69) is 27.8 Å². The minimum absolute atomic E-state index is 0.0978. The predicted octanol–water partition coefficient (Wildman–Crippen LogP) is 4.36. The van der Waals surface area contributed by atoms with Crippen molar-refractivity contribution in [3.05, 3.63) is 57.3 Å². The van der Waals surface area contributed by atoms with E-state index < -0.39 is 0 Å². The summed E-state index contributed by atoms with van der Waals surface area (Å²) in [5.74, 6) is 2.23. The highest BCUT2D eigenvalue weighted by Gasteiger charge is 2.43. The van der Waals surface area contributed by atoms with Crippen LogP contribution in [-0.2, 0) is 0 Å². The van der Waals surface area contributed by atoms with Crippen LogP contribution in [0.1, 0.15) is 52.1 Å². The molecule has 1 N–H and O–H groups in total. The van der Waals surface area contributed by atoms with Gasteiger partial charge in [-0.05, 0) is 60.7 Å². The summed E-state index contributed by atoms with van der Waals surface area (Å²) in [6.07, 6.45) is 2.22. The van der Waals surface area contributed by atoms with E-state index in [0.29, 0.717) is 34.4 Å². The highest BCUT2D eigenvalue weighted by Crippen LogP contribution is 2.57. The van der Waals surface area contributed by atoms with Crippen LogP contribution >= 0.6 is 22.9 Å². The molecule has 0 spiro atoms. The third-order valence-electron chi connectivity index (χ3n) is 6.77. The molecule has 2 saturated heterocycles. The molecule has 3 fully saturated rings. The number of carbonyl (C=O) groups is 1. The van der Waals surface area contributed by atoms with Crippen molar-refractivity contribution < 1.29 is 4.79 Å². The smallest absolute Gasteiger partial charge is 0.253 e. The minimum atomic E-state index is 0.0978. The molecule has 0 radical (unpaired) electrons. The van der Waals surface area contributed by atoms with Gasteiger partial charge >= 0.3 is 0 Å². The van der Waals surface area contributed by atoms with Crippen LogP contribution in [0.25, 0.3) is 10.2 Å². The van der Waals surface area contributed by atoms with Crippen molar-refractivity contribution in [2.45, 2.75) is 37.6 Å². The Balaban J connectivity index is 1.23. The number of aromatic nitrogens is 2. The lowest BCUT2D eigenvalue weighted by molar-refractivity contribution is 0.0691. The molecule has 2 aliphatic heterocycles. The minimum Gasteiger partial charge on any atom is -0.337 e. The predicted molar refractivity (Wildman–Crippen MR) is 120 cm³/mol. The zero-order chi connectivity index (χ0) is 20.4. The Morgan fingerprint density at radius 3 is 2.93 bits per heavy atom. The second kappa shape index (κ2) is 7.01. The highest BCUT2D eigenvalue weighted by atomic mass is 35.5. The van der Waals surface area contributed by atoms with Crippen LogP contribution in [0, 0.1) is 12.8 Å². The van der Waals surface area contributed by atoms with Crippen LogP contribution in [0.5, 0.6) is 0 Å². The zero-order valence-corrected chi connectivity index (χ0v) is 18.3. The van der Waals surface area contributed by atoms with Gasteiger partial charge in [0.25, 0.3) is 5.91 Å². The number of nitrogens with zero attached hydrogens (tertiary/aromatic N) is 3. The summed E-state index contributed by atoms with van der Waals surface area (Å²) in [4.78, 5) is 25.4. The molecule has 7 heteroatoms. The van der Waals surface area contributed by atoms with Crippen LogP contribution in [0.2, 0.25) is 5.02 Å². The molecule has 0 unspecified atom stereocenters. The summed E-state index contributed by atoms with van der Waals surface area (Å²) in [5.41, 5.74) is 2.95. The van der Waals surface area contributed by atoms with Crippen LogP contribution < -0.4 is 5.32 Å². The molecule has 4 heterocycles. The summed E-state index contributed by atoms with van der Waals surface area (Å²) in [7, 11) is 0. The van der Waals surface area contributed by atoms with Crippen LogP contribution in [0.3, 0.4) is 0 Å². The van der Waals surface area contributed by atoms with Gasteiger partial charge in [-0.1, -0.05) is 17.7 Å². The molecule has 30 heavy (non-hydrogen) atoms. The zero-order valence-electron chi connectivity index (χ0n) is 16.8. The molecule has 154 valence electrons. The Hall–Kier alpha value is -2.02. The van der Waals surface area contributed by atoms with Crippen molar-refractivity contribution in [3.63, 3.8) is 0 Å². The van der Waals surface area contributed by atoms with Gasteiger partial charge in [-0.15, -0.1) is 11.3 Å². The molecule has 5 nitrogen and oxygen atoms in total. The lowest BCUT2D eigenvalue weighted by Crippen LogP contribution is -2.44. The van der Waals surface area contributed by atoms with Crippen LogP contribution in [-0.4, -0.2) is 46.5 Å².